The van der Waals surface area contributed by atoms with E-state index >= 15 is 0 Å². The molecule has 162 valence electrons. The number of carbonyl (C=O) groups is 1. The van der Waals surface area contributed by atoms with Crippen molar-refractivity contribution >= 4 is 6.09 Å². The Balaban J connectivity index is 1.80. The smallest absolute Gasteiger partial charge is 0.409 e. The zero-order valence-corrected chi connectivity index (χ0v) is 17.4. The van der Waals surface area contributed by atoms with Crippen LogP contribution in [0.25, 0.3) is 0 Å². The lowest BCUT2D eigenvalue weighted by Crippen LogP contribution is -2.48. The van der Waals surface area contributed by atoms with Gasteiger partial charge in [0.15, 0.2) is 17.2 Å². The molecule has 1 saturated heterocycles. The van der Waals surface area contributed by atoms with Crippen LogP contribution >= 0.6 is 0 Å². The highest BCUT2D eigenvalue weighted by atomic mass is 16.5. The van der Waals surface area contributed by atoms with Crippen molar-refractivity contribution in [1.82, 2.24) is 14.8 Å². The summed E-state index contributed by atoms with van der Waals surface area (Å²) in [6, 6.07) is 5.62. The summed E-state index contributed by atoms with van der Waals surface area (Å²) < 4.78 is 15.4. The van der Waals surface area contributed by atoms with E-state index in [1.54, 1.807) is 25.3 Å². The van der Waals surface area contributed by atoms with Gasteiger partial charge in [0.05, 0.1) is 21.3 Å². The molecular weight excluding hydrogens is 390 g/mol. The minimum absolute atomic E-state index is 0.275. The molecule has 0 bridgehead atoms. The molecule has 1 aromatic carbocycles. The first kappa shape index (κ1) is 21.5. The standard InChI is InChI=1S/C21H27N3O6/c1-28-17-5-4-14(11-18(17)29-2)10-15-12-22-20(26)19(25)16(15)13-23-6-8-24(9-7-23)21(27)30-3/h4-5,11-12,25H,6-10,13H2,1-3H3,(H,22,26). The monoisotopic (exact) mass is 417 g/mol. The molecule has 30 heavy (non-hydrogen) atoms. The summed E-state index contributed by atoms with van der Waals surface area (Å²) in [5.74, 6) is 0.974. The van der Waals surface area contributed by atoms with Crippen LogP contribution in [0.15, 0.2) is 29.2 Å². The topological polar surface area (TPSA) is 104 Å². The van der Waals surface area contributed by atoms with E-state index in [0.717, 1.165) is 11.1 Å². The number of hydrogen-bond acceptors (Lipinski definition) is 7. The number of hydrogen-bond donors (Lipinski definition) is 2. The Labute approximate surface area is 174 Å². The third-order valence-electron chi connectivity index (χ3n) is 5.30. The summed E-state index contributed by atoms with van der Waals surface area (Å²) in [6.45, 7) is 2.71. The Morgan fingerprint density at radius 1 is 1.10 bits per heavy atom. The van der Waals surface area contributed by atoms with Gasteiger partial charge in [-0.2, -0.15) is 0 Å². The molecule has 1 aromatic heterocycles. The number of pyridine rings is 1. The first-order chi connectivity index (χ1) is 14.5. The van der Waals surface area contributed by atoms with Gasteiger partial charge in [-0.25, -0.2) is 4.79 Å². The van der Waals surface area contributed by atoms with E-state index in [-0.39, 0.29) is 11.8 Å². The number of piperazine rings is 1. The second-order valence-electron chi connectivity index (χ2n) is 7.07. The maximum Gasteiger partial charge on any atom is 0.409 e. The van der Waals surface area contributed by atoms with Gasteiger partial charge in [-0.1, -0.05) is 6.07 Å². The fourth-order valence-corrected chi connectivity index (χ4v) is 3.58. The predicted molar refractivity (Wildman–Crippen MR) is 110 cm³/mol. The fraction of sp³-hybridized carbons (Fsp3) is 0.429. The molecule has 0 radical (unpaired) electrons. The normalized spacial score (nSPS) is 14.4. The van der Waals surface area contributed by atoms with Gasteiger partial charge >= 0.3 is 6.09 Å². The quantitative estimate of drug-likeness (QED) is 0.735. The van der Waals surface area contributed by atoms with Crippen LogP contribution in [0, 0.1) is 0 Å². The molecule has 9 nitrogen and oxygen atoms in total. The van der Waals surface area contributed by atoms with Crippen molar-refractivity contribution in [2.75, 3.05) is 47.5 Å². The molecule has 0 aliphatic carbocycles. The van der Waals surface area contributed by atoms with Gasteiger partial charge in [0.1, 0.15) is 0 Å². The molecule has 2 aromatic rings. The lowest BCUT2D eigenvalue weighted by atomic mass is 10.00. The van der Waals surface area contributed by atoms with E-state index in [0.29, 0.717) is 56.2 Å². The van der Waals surface area contributed by atoms with Crippen LogP contribution < -0.4 is 15.0 Å². The number of nitrogens with one attached hydrogen (secondary N) is 1. The highest BCUT2D eigenvalue weighted by Crippen LogP contribution is 2.29. The molecule has 1 fully saturated rings. The highest BCUT2D eigenvalue weighted by molar-refractivity contribution is 5.67. The Bertz CT molecular complexity index is 950. The van der Waals surface area contributed by atoms with Crippen molar-refractivity contribution in [2.45, 2.75) is 13.0 Å². The highest BCUT2D eigenvalue weighted by Gasteiger charge is 2.23. The second-order valence-corrected chi connectivity index (χ2v) is 7.07. The third kappa shape index (κ3) is 4.68. The third-order valence-corrected chi connectivity index (χ3v) is 5.30. The summed E-state index contributed by atoms with van der Waals surface area (Å²) in [4.78, 5) is 30.0. The number of H-pyrrole nitrogens is 1. The number of benzene rings is 1. The summed E-state index contributed by atoms with van der Waals surface area (Å²) in [6.07, 6.45) is 1.80. The minimum atomic E-state index is -0.519. The molecule has 0 atom stereocenters. The Kier molecular flexibility index (Phi) is 6.83. The van der Waals surface area contributed by atoms with Gasteiger partial charge in [0.25, 0.3) is 5.56 Å². The molecule has 1 amide bonds. The van der Waals surface area contributed by atoms with Crippen LogP contribution in [-0.2, 0) is 17.7 Å². The van der Waals surface area contributed by atoms with Gasteiger partial charge < -0.3 is 29.2 Å². The number of ether oxygens (including phenoxy) is 3. The van der Waals surface area contributed by atoms with Crippen LogP contribution in [0.3, 0.4) is 0 Å². The number of aromatic amines is 1. The van der Waals surface area contributed by atoms with E-state index in [4.69, 9.17) is 14.2 Å². The van der Waals surface area contributed by atoms with Crippen molar-refractivity contribution in [1.29, 1.82) is 0 Å². The van der Waals surface area contributed by atoms with E-state index in [2.05, 4.69) is 9.88 Å². The van der Waals surface area contributed by atoms with Crippen LogP contribution in [0.2, 0.25) is 0 Å². The SMILES string of the molecule is COC(=O)N1CCN(Cc2c(Cc3ccc(OC)c(OC)c3)c[nH]c(=O)c2O)CC1. The maximum absolute atomic E-state index is 12.0. The van der Waals surface area contributed by atoms with Crippen LogP contribution in [0.1, 0.15) is 16.7 Å². The molecular formula is C21H27N3O6. The van der Waals surface area contributed by atoms with Crippen LogP contribution in [0.5, 0.6) is 17.2 Å². The molecule has 0 unspecified atom stereocenters. The maximum atomic E-state index is 12.0. The summed E-state index contributed by atoms with van der Waals surface area (Å²) in [5.41, 5.74) is 1.83. The molecule has 1 aliphatic rings. The molecule has 0 saturated carbocycles. The first-order valence-electron chi connectivity index (χ1n) is 9.65. The van der Waals surface area contributed by atoms with Crippen molar-refractivity contribution in [3.8, 4) is 17.2 Å². The van der Waals surface area contributed by atoms with E-state index in [1.165, 1.54) is 7.11 Å². The van der Waals surface area contributed by atoms with Gasteiger partial charge in [-0.05, 0) is 29.7 Å². The zero-order valence-electron chi connectivity index (χ0n) is 17.4. The van der Waals surface area contributed by atoms with Gasteiger partial charge in [0.2, 0.25) is 0 Å². The summed E-state index contributed by atoms with van der Waals surface area (Å²) >= 11 is 0. The van der Waals surface area contributed by atoms with Crippen LogP contribution in [-0.4, -0.2) is 73.5 Å². The fourth-order valence-electron chi connectivity index (χ4n) is 3.58. The number of nitrogens with zero attached hydrogens (tertiary/aromatic N) is 2. The van der Waals surface area contributed by atoms with E-state index in [9.17, 15) is 14.7 Å². The number of aromatic nitrogens is 1. The first-order valence-corrected chi connectivity index (χ1v) is 9.65. The minimum Gasteiger partial charge on any atom is -0.503 e. The number of carbonyl (C=O) groups excluding carboxylic acids is 1. The van der Waals surface area contributed by atoms with Crippen molar-refractivity contribution < 1.29 is 24.1 Å². The van der Waals surface area contributed by atoms with Crippen molar-refractivity contribution in [3.05, 3.63) is 51.4 Å². The molecule has 9 heteroatoms. The van der Waals surface area contributed by atoms with Gasteiger partial charge in [-0.15, -0.1) is 0 Å². The summed E-state index contributed by atoms with van der Waals surface area (Å²) in [5, 5.41) is 10.4. The number of aromatic hydroxyl groups is 1. The molecule has 2 N–H and O–H groups in total. The number of rotatable bonds is 6. The zero-order chi connectivity index (χ0) is 21.7. The molecule has 1 aliphatic heterocycles. The number of amides is 1. The molecule has 3 rings (SSSR count). The van der Waals surface area contributed by atoms with Gasteiger partial charge in [0, 0.05) is 44.5 Å². The Morgan fingerprint density at radius 2 is 1.80 bits per heavy atom. The largest absolute Gasteiger partial charge is 0.503 e. The van der Waals surface area contributed by atoms with Crippen molar-refractivity contribution in [2.24, 2.45) is 0 Å². The number of methoxy groups -OCH3 is 3. The van der Waals surface area contributed by atoms with Crippen LogP contribution in [0.4, 0.5) is 4.79 Å². The lowest BCUT2D eigenvalue weighted by molar-refractivity contribution is 0.0885. The van der Waals surface area contributed by atoms with E-state index < -0.39 is 5.56 Å². The van der Waals surface area contributed by atoms with Crippen molar-refractivity contribution in [3.63, 3.8) is 0 Å². The van der Waals surface area contributed by atoms with E-state index in [1.807, 2.05) is 18.2 Å². The predicted octanol–water partition coefficient (Wildman–Crippen LogP) is 1.57. The molecule has 2 heterocycles. The second kappa shape index (κ2) is 9.53. The summed E-state index contributed by atoms with van der Waals surface area (Å²) in [7, 11) is 4.52. The Morgan fingerprint density at radius 3 is 2.43 bits per heavy atom. The van der Waals surface area contributed by atoms with Gasteiger partial charge in [-0.3, -0.25) is 9.69 Å². The average molecular weight is 417 g/mol. The molecule has 0 spiro atoms. The average Bonchev–Trinajstić information content (AvgIpc) is 2.78. The lowest BCUT2D eigenvalue weighted by Gasteiger charge is -2.34. The Hall–Kier alpha value is -3.20.